The van der Waals surface area contributed by atoms with Gasteiger partial charge in [0.2, 0.25) is 23.6 Å². The van der Waals surface area contributed by atoms with Crippen LogP contribution in [-0.4, -0.2) is 208 Å². The van der Waals surface area contributed by atoms with Gasteiger partial charge in [-0.05, 0) is 178 Å². The van der Waals surface area contributed by atoms with E-state index in [1.54, 1.807) is 23.5 Å². The summed E-state index contributed by atoms with van der Waals surface area (Å²) in [7, 11) is -11.0. The summed E-state index contributed by atoms with van der Waals surface area (Å²) in [5.41, 5.74) is 2.44. The van der Waals surface area contributed by atoms with Crippen LogP contribution in [0.5, 0.6) is 0 Å². The average Bonchev–Trinajstić information content (AvgIpc) is 1.78. The fraction of sp³-hybridized carbons (Fsp3) is 0.524. The number of thiazole rings is 1. The van der Waals surface area contributed by atoms with Crippen molar-refractivity contribution in [1.29, 1.82) is 0 Å². The number of alkyl halides is 3. The van der Waals surface area contributed by atoms with E-state index in [0.717, 1.165) is 160 Å². The highest BCUT2D eigenvalue weighted by molar-refractivity contribution is 7.99. The maximum absolute atomic E-state index is 14.5. The number of unbranched alkanes of at least 4 members (excludes halogenated alkanes) is 3. The molecule has 113 heavy (non-hydrogen) atoms. The van der Waals surface area contributed by atoms with Crippen LogP contribution in [0, 0.1) is 17.8 Å². The molecule has 4 saturated heterocycles. The van der Waals surface area contributed by atoms with Crippen LogP contribution in [0.25, 0.3) is 16.0 Å². The first-order chi connectivity index (χ1) is 53.8. The Morgan fingerprint density at radius 3 is 2.05 bits per heavy atom. The molecular weight excluding hydrogens is 1540 g/mol. The number of amides is 5. The Balaban J connectivity index is 0.621. The second-order valence-corrected chi connectivity index (χ2v) is 38.4. The van der Waals surface area contributed by atoms with Crippen molar-refractivity contribution >= 4 is 101 Å². The maximum Gasteiger partial charge on any atom is 0.501 e. The van der Waals surface area contributed by atoms with Crippen LogP contribution in [0.4, 0.5) is 24.5 Å². The number of allylic oxidation sites excluding steroid dienone is 1. The molecule has 5 aromatic carbocycles. The van der Waals surface area contributed by atoms with Crippen LogP contribution in [0.1, 0.15) is 164 Å². The molecule has 4 aliphatic heterocycles. The van der Waals surface area contributed by atoms with Crippen LogP contribution >= 0.6 is 34.7 Å². The molecule has 21 nitrogen and oxygen atoms in total. The zero-order valence-corrected chi connectivity index (χ0v) is 69.6. The van der Waals surface area contributed by atoms with E-state index in [-0.39, 0.29) is 54.1 Å². The molecule has 0 radical (unpaired) electrons. The number of piperazine rings is 2. The van der Waals surface area contributed by atoms with E-state index in [0.29, 0.717) is 75.2 Å². The van der Waals surface area contributed by atoms with Gasteiger partial charge in [0.1, 0.15) is 17.0 Å². The van der Waals surface area contributed by atoms with Gasteiger partial charge in [-0.2, -0.15) is 13.2 Å². The number of aliphatic hydroxyl groups is 1. The molecule has 612 valence electrons. The van der Waals surface area contributed by atoms with Crippen molar-refractivity contribution in [3.63, 3.8) is 0 Å². The van der Waals surface area contributed by atoms with E-state index in [1.807, 2.05) is 116 Å². The third-order valence-electron chi connectivity index (χ3n) is 22.6. The van der Waals surface area contributed by atoms with Crippen molar-refractivity contribution in [3.05, 3.63) is 160 Å². The van der Waals surface area contributed by atoms with Gasteiger partial charge in [-0.3, -0.25) is 33.8 Å². The summed E-state index contributed by atoms with van der Waals surface area (Å²) in [5.74, 6) is -1.60. The number of thioether (sulfide) groups is 1. The van der Waals surface area contributed by atoms with Crippen LogP contribution in [0.3, 0.4) is 0 Å². The first-order valence-corrected chi connectivity index (χ1v) is 44.8. The van der Waals surface area contributed by atoms with Crippen molar-refractivity contribution in [2.75, 3.05) is 108 Å². The highest BCUT2D eigenvalue weighted by atomic mass is 35.5. The van der Waals surface area contributed by atoms with Gasteiger partial charge in [-0.25, -0.2) is 26.5 Å². The summed E-state index contributed by atoms with van der Waals surface area (Å²) in [6, 6.07) is 31.6. The smallest absolute Gasteiger partial charge is 0.391 e. The quantitative estimate of drug-likeness (QED) is 0.0200. The number of carbonyl (C=O) groups is 5. The van der Waals surface area contributed by atoms with Crippen molar-refractivity contribution in [3.8, 4) is 10.4 Å². The molecule has 0 spiro atoms. The number of nitrogens with one attached hydrogen (secondary N) is 4. The molecule has 1 aromatic heterocycles. The number of likely N-dealkylation sites (tertiary alicyclic amines) is 2. The van der Waals surface area contributed by atoms with Crippen molar-refractivity contribution in [1.82, 2.24) is 44.8 Å². The number of halogens is 4. The number of rotatable bonds is 31. The fourth-order valence-corrected chi connectivity index (χ4v) is 20.0. The standard InChI is InChI=1S/C84H109ClF3N11O10S4/c1-58(60-22-24-62(25-23-60)77-59(2)89-57-111-77)90-80(104)73-50-68(100)54-99(73)81(105)78(82(3,4)5)92-75(101)20-14-7-8-15-21-76(102)98-48-44-96(45-49-98)56-83(6)38-36-71(61-26-30-65(85)31-27-61)64(52-83)53-95-42-46-97(47-43-95)67-32-28-63(29-33-67)79(103)93-113(108,109)70-34-35-72(74(51-70)112(106,107)84(86,87)88)91-66(55-110-69-18-12-11-13-19-69)37-41-94-39-16-9-10-17-40-94/h11-13,18-19,22-35,51,57-58,66,68,73,78,91,100H,7-10,14-17,20-21,36-50,52-56H2,1-6H3,(H,90,104)(H,92,101)(H,93,103)/t58-,66+,68+,73-,78+,83+/m0/s1. The average molecular weight is 1650 g/mol. The van der Waals surface area contributed by atoms with Gasteiger partial charge in [-0.15, -0.1) is 23.1 Å². The molecule has 4 fully saturated rings. The number of aliphatic hydroxyl groups excluding tert-OH is 1. The van der Waals surface area contributed by atoms with Gasteiger partial charge in [0.15, 0.2) is 0 Å². The lowest BCUT2D eigenvalue weighted by molar-refractivity contribution is -0.144. The molecule has 11 rings (SSSR count). The monoisotopic (exact) mass is 1650 g/mol. The van der Waals surface area contributed by atoms with Crippen molar-refractivity contribution in [2.24, 2.45) is 10.8 Å². The zero-order chi connectivity index (χ0) is 80.8. The van der Waals surface area contributed by atoms with Crippen LogP contribution in [-0.2, 0) is 39.0 Å². The Bertz CT molecular complexity index is 4510. The van der Waals surface area contributed by atoms with E-state index in [1.165, 1.54) is 39.9 Å². The fourth-order valence-electron chi connectivity index (χ4n) is 16.1. The predicted octanol–water partition coefficient (Wildman–Crippen LogP) is 13.6. The largest absolute Gasteiger partial charge is 0.501 e. The molecule has 29 heteroatoms. The lowest BCUT2D eigenvalue weighted by Gasteiger charge is -2.44. The van der Waals surface area contributed by atoms with Gasteiger partial charge in [0, 0.05) is 131 Å². The lowest BCUT2D eigenvalue weighted by Crippen LogP contribution is -2.57. The third-order valence-corrected chi connectivity index (χ3v) is 27.8. The maximum atomic E-state index is 14.5. The zero-order valence-electron chi connectivity index (χ0n) is 65.6. The van der Waals surface area contributed by atoms with Gasteiger partial charge in [0.25, 0.3) is 25.8 Å². The van der Waals surface area contributed by atoms with Crippen molar-refractivity contribution in [2.45, 2.75) is 188 Å². The molecule has 6 aromatic rings. The first kappa shape index (κ1) is 86.4. The second kappa shape index (κ2) is 38.6. The normalized spacial score (nSPS) is 20.2. The molecular formula is C84H109ClF3N11O10S4. The molecule has 0 bridgehead atoms. The summed E-state index contributed by atoms with van der Waals surface area (Å²) in [6.45, 7) is 21.5. The summed E-state index contributed by atoms with van der Waals surface area (Å²) in [4.78, 5) is 86.0. The predicted molar refractivity (Wildman–Crippen MR) is 441 cm³/mol. The molecule has 5 heterocycles. The van der Waals surface area contributed by atoms with E-state index >= 15 is 0 Å². The topological polar surface area (TPSA) is 254 Å². The Morgan fingerprint density at radius 2 is 1.41 bits per heavy atom. The number of sulfone groups is 1. The molecule has 1 aliphatic carbocycles. The highest BCUT2D eigenvalue weighted by Gasteiger charge is 2.49. The molecule has 5 N–H and O–H groups in total. The Kier molecular flexibility index (Phi) is 29.5. The van der Waals surface area contributed by atoms with E-state index in [9.17, 15) is 59.1 Å². The summed E-state index contributed by atoms with van der Waals surface area (Å²) < 4.78 is 99.7. The lowest BCUT2D eigenvalue weighted by atomic mass is 9.71. The number of anilines is 2. The molecule has 6 atom stereocenters. The first-order valence-electron chi connectivity index (χ1n) is 39.6. The van der Waals surface area contributed by atoms with Gasteiger partial charge < -0.3 is 40.7 Å². The third kappa shape index (κ3) is 23.2. The number of aromatic nitrogens is 1. The minimum absolute atomic E-state index is 0.0199. The number of hydrogen-bond acceptors (Lipinski definition) is 18. The summed E-state index contributed by atoms with van der Waals surface area (Å²) in [6.07, 6.45) is 10.1. The number of nitrogens with zero attached hydrogens (tertiary/aromatic N) is 7. The van der Waals surface area contributed by atoms with Crippen molar-refractivity contribution < 1.29 is 59.1 Å². The van der Waals surface area contributed by atoms with Gasteiger partial charge >= 0.3 is 5.51 Å². The number of β-amino-alcohol motifs (C(OH)–C–C–N with tert-alkyl or cyclic N) is 1. The van der Waals surface area contributed by atoms with Gasteiger partial charge in [-0.1, -0.05) is 125 Å². The number of benzene rings is 5. The molecule has 0 unspecified atom stereocenters. The Morgan fingerprint density at radius 1 is 0.752 bits per heavy atom. The summed E-state index contributed by atoms with van der Waals surface area (Å²) in [5, 5.41) is 20.5. The van der Waals surface area contributed by atoms with Gasteiger partial charge in [0.05, 0.1) is 38.8 Å². The van der Waals surface area contributed by atoms with Crippen LogP contribution < -0.4 is 25.6 Å². The minimum Gasteiger partial charge on any atom is -0.391 e. The SMILES string of the molecule is Cc1ncsc1-c1ccc([C@H](C)NC(=O)[C@@H]2C[C@@H](O)CN2C(=O)[C@@H](NC(=O)CCCCCCC(=O)N2CCN(C[C@]3(C)CCC(c4ccc(Cl)cc4)=C(CN4CCN(c5ccc(C(=O)NS(=O)(=O)c6ccc(N[C@H](CCN7CCCCCC7)CSc7ccccc7)c(S(=O)(=O)C(F)(F)F)c6)cc5)CC4)C3)CC2)C(C)(C)C)cc1. The molecule has 5 aliphatic rings. The Labute approximate surface area is 677 Å². The molecule has 5 amide bonds. The van der Waals surface area contributed by atoms with E-state index in [4.69, 9.17) is 11.6 Å². The number of carbonyl (C=O) groups excluding carboxylic acids is 5. The number of hydrogen-bond donors (Lipinski definition) is 5. The number of sulfonamides is 1. The highest BCUT2D eigenvalue weighted by Crippen LogP contribution is 2.45. The van der Waals surface area contributed by atoms with E-state index < -0.39 is 82.3 Å². The summed E-state index contributed by atoms with van der Waals surface area (Å²) >= 11 is 9.44. The second-order valence-electron chi connectivity index (χ2n) is 32.4. The van der Waals surface area contributed by atoms with Crippen LogP contribution in [0.15, 0.2) is 147 Å². The number of aryl methyl sites for hydroxylation is 1. The van der Waals surface area contributed by atoms with E-state index in [2.05, 4.69) is 59.6 Å². The Hall–Kier alpha value is -7.41. The minimum atomic E-state index is -6.10. The molecule has 0 saturated carbocycles. The van der Waals surface area contributed by atoms with Crippen LogP contribution in [0.2, 0.25) is 5.02 Å².